The molecule has 0 spiro atoms. The Balaban J connectivity index is 2.20. The number of anilines is 1. The summed E-state index contributed by atoms with van der Waals surface area (Å²) in [5.74, 6) is -0.607. The highest BCUT2D eigenvalue weighted by Crippen LogP contribution is 2.20. The SMILES string of the molecule is COC(=O)C1CN(C(=O)c2cc(N)c(C)cc2C)CCO1. The maximum Gasteiger partial charge on any atom is 0.336 e. The number of carbonyl (C=O) groups excluding carboxylic acids is 2. The monoisotopic (exact) mass is 292 g/mol. The van der Waals surface area contributed by atoms with Gasteiger partial charge >= 0.3 is 5.97 Å². The van der Waals surface area contributed by atoms with Crippen molar-refractivity contribution in [3.63, 3.8) is 0 Å². The number of aryl methyl sites for hydroxylation is 2. The van der Waals surface area contributed by atoms with Gasteiger partial charge in [0.05, 0.1) is 20.3 Å². The lowest BCUT2D eigenvalue weighted by Crippen LogP contribution is -2.49. The summed E-state index contributed by atoms with van der Waals surface area (Å²) in [7, 11) is 1.30. The summed E-state index contributed by atoms with van der Waals surface area (Å²) >= 11 is 0. The molecular weight excluding hydrogens is 272 g/mol. The van der Waals surface area contributed by atoms with Gasteiger partial charge in [0.2, 0.25) is 0 Å². The number of hydrogen-bond acceptors (Lipinski definition) is 5. The first-order valence-corrected chi connectivity index (χ1v) is 6.79. The number of hydrogen-bond donors (Lipinski definition) is 1. The molecule has 1 heterocycles. The number of rotatable bonds is 2. The van der Waals surface area contributed by atoms with Crippen molar-refractivity contribution in [3.8, 4) is 0 Å². The third-order valence-corrected chi connectivity index (χ3v) is 3.66. The van der Waals surface area contributed by atoms with E-state index in [2.05, 4.69) is 4.74 Å². The van der Waals surface area contributed by atoms with Crippen LogP contribution in [0.4, 0.5) is 5.69 Å². The number of nitrogen functional groups attached to an aromatic ring is 1. The van der Waals surface area contributed by atoms with E-state index in [1.165, 1.54) is 7.11 Å². The summed E-state index contributed by atoms with van der Waals surface area (Å²) in [5.41, 5.74) is 8.84. The van der Waals surface area contributed by atoms with Crippen LogP contribution in [0.3, 0.4) is 0 Å². The Morgan fingerprint density at radius 3 is 2.71 bits per heavy atom. The predicted octanol–water partition coefficient (Wildman–Crippen LogP) is 0.900. The van der Waals surface area contributed by atoms with Crippen LogP contribution in [0.25, 0.3) is 0 Å². The van der Waals surface area contributed by atoms with E-state index in [9.17, 15) is 9.59 Å². The van der Waals surface area contributed by atoms with E-state index in [0.29, 0.717) is 24.4 Å². The third-order valence-electron chi connectivity index (χ3n) is 3.66. The molecule has 6 heteroatoms. The van der Waals surface area contributed by atoms with Crippen molar-refractivity contribution >= 4 is 17.6 Å². The molecule has 1 atom stereocenters. The molecule has 21 heavy (non-hydrogen) atoms. The fourth-order valence-corrected chi connectivity index (χ4v) is 2.38. The van der Waals surface area contributed by atoms with Gasteiger partial charge < -0.3 is 20.1 Å². The quantitative estimate of drug-likeness (QED) is 0.647. The highest BCUT2D eigenvalue weighted by molar-refractivity contribution is 5.97. The summed E-state index contributed by atoms with van der Waals surface area (Å²) in [5, 5.41) is 0. The molecule has 2 N–H and O–H groups in total. The molecule has 6 nitrogen and oxygen atoms in total. The number of ether oxygens (including phenoxy) is 2. The smallest absolute Gasteiger partial charge is 0.336 e. The van der Waals surface area contributed by atoms with Gasteiger partial charge in [-0.2, -0.15) is 0 Å². The van der Waals surface area contributed by atoms with Crippen LogP contribution in [0, 0.1) is 13.8 Å². The van der Waals surface area contributed by atoms with E-state index in [0.717, 1.165) is 11.1 Å². The lowest BCUT2D eigenvalue weighted by molar-refractivity contribution is -0.158. The Kier molecular flexibility index (Phi) is 4.47. The van der Waals surface area contributed by atoms with Crippen LogP contribution in [0.5, 0.6) is 0 Å². The second-order valence-electron chi connectivity index (χ2n) is 5.16. The highest BCUT2D eigenvalue weighted by Gasteiger charge is 2.30. The van der Waals surface area contributed by atoms with Gasteiger partial charge in [-0.1, -0.05) is 6.07 Å². The summed E-state index contributed by atoms with van der Waals surface area (Å²) < 4.78 is 9.99. The Morgan fingerprint density at radius 2 is 2.05 bits per heavy atom. The van der Waals surface area contributed by atoms with Gasteiger partial charge in [-0.15, -0.1) is 0 Å². The molecule has 1 fully saturated rings. The van der Waals surface area contributed by atoms with E-state index in [4.69, 9.17) is 10.5 Å². The van der Waals surface area contributed by atoms with Crippen molar-refractivity contribution in [3.05, 3.63) is 28.8 Å². The van der Waals surface area contributed by atoms with Gasteiger partial charge in [0.1, 0.15) is 0 Å². The second-order valence-corrected chi connectivity index (χ2v) is 5.16. The van der Waals surface area contributed by atoms with E-state index in [1.54, 1.807) is 11.0 Å². The van der Waals surface area contributed by atoms with Crippen LogP contribution < -0.4 is 5.73 Å². The Bertz CT molecular complexity index is 571. The molecule has 0 aliphatic carbocycles. The van der Waals surface area contributed by atoms with E-state index in [1.807, 2.05) is 19.9 Å². The van der Waals surface area contributed by atoms with Crippen LogP contribution in [0.1, 0.15) is 21.5 Å². The lowest BCUT2D eigenvalue weighted by Gasteiger charge is -2.32. The van der Waals surface area contributed by atoms with Crippen molar-refractivity contribution in [2.45, 2.75) is 20.0 Å². The van der Waals surface area contributed by atoms with Crippen molar-refractivity contribution in [1.29, 1.82) is 0 Å². The van der Waals surface area contributed by atoms with Crippen LogP contribution in [-0.2, 0) is 14.3 Å². The van der Waals surface area contributed by atoms with Gasteiger partial charge in [-0.05, 0) is 31.0 Å². The normalized spacial score (nSPS) is 18.4. The number of nitrogens with two attached hydrogens (primary N) is 1. The zero-order chi connectivity index (χ0) is 15.6. The summed E-state index contributed by atoms with van der Waals surface area (Å²) in [4.78, 5) is 25.7. The number of morpholine rings is 1. The van der Waals surface area contributed by atoms with Gasteiger partial charge in [0.25, 0.3) is 5.91 Å². The first-order valence-electron chi connectivity index (χ1n) is 6.79. The molecule has 1 aromatic carbocycles. The van der Waals surface area contributed by atoms with Gasteiger partial charge in [-0.25, -0.2) is 4.79 Å². The van der Waals surface area contributed by atoms with Gasteiger partial charge in [0, 0.05) is 17.8 Å². The second kappa shape index (κ2) is 6.13. The standard InChI is InChI=1S/C15H20N2O4/c1-9-6-10(2)12(16)7-11(9)14(18)17-4-5-21-13(8-17)15(19)20-3/h6-7,13H,4-5,8,16H2,1-3H3. The van der Waals surface area contributed by atoms with E-state index in [-0.39, 0.29) is 12.5 Å². The van der Waals surface area contributed by atoms with Gasteiger partial charge in [0.15, 0.2) is 6.10 Å². The number of methoxy groups -OCH3 is 1. The minimum Gasteiger partial charge on any atom is -0.467 e. The molecule has 1 aliphatic heterocycles. The molecule has 0 aromatic heterocycles. The minimum absolute atomic E-state index is 0.142. The molecule has 0 bridgehead atoms. The highest BCUT2D eigenvalue weighted by atomic mass is 16.6. The van der Waals surface area contributed by atoms with Crippen LogP contribution in [0.2, 0.25) is 0 Å². The Morgan fingerprint density at radius 1 is 1.33 bits per heavy atom. The summed E-state index contributed by atoms with van der Waals surface area (Å²) in [6.45, 7) is 4.72. The molecule has 114 valence electrons. The molecule has 1 amide bonds. The number of benzene rings is 1. The number of esters is 1. The topological polar surface area (TPSA) is 81.9 Å². The zero-order valence-electron chi connectivity index (χ0n) is 12.5. The van der Waals surface area contributed by atoms with Crippen molar-refractivity contribution in [2.24, 2.45) is 0 Å². The fraction of sp³-hybridized carbons (Fsp3) is 0.467. The molecule has 0 saturated carbocycles. The minimum atomic E-state index is -0.726. The average Bonchev–Trinajstić information content (AvgIpc) is 2.49. The summed E-state index contributed by atoms with van der Waals surface area (Å²) in [6, 6.07) is 3.58. The largest absolute Gasteiger partial charge is 0.467 e. The average molecular weight is 292 g/mol. The van der Waals surface area contributed by atoms with E-state index >= 15 is 0 Å². The molecule has 1 unspecified atom stereocenters. The summed E-state index contributed by atoms with van der Waals surface area (Å²) in [6.07, 6.45) is -0.726. The maximum absolute atomic E-state index is 12.6. The van der Waals surface area contributed by atoms with Gasteiger partial charge in [-0.3, -0.25) is 4.79 Å². The molecule has 1 aliphatic rings. The van der Waals surface area contributed by atoms with Crippen molar-refractivity contribution in [2.75, 3.05) is 32.5 Å². The van der Waals surface area contributed by atoms with Crippen LogP contribution in [-0.4, -0.2) is 49.7 Å². The Labute approximate surface area is 123 Å². The molecule has 2 rings (SSSR count). The third kappa shape index (κ3) is 3.16. The van der Waals surface area contributed by atoms with Crippen molar-refractivity contribution < 1.29 is 19.1 Å². The van der Waals surface area contributed by atoms with Crippen LogP contribution in [0.15, 0.2) is 12.1 Å². The molecule has 1 aromatic rings. The fourth-order valence-electron chi connectivity index (χ4n) is 2.38. The number of nitrogens with zero attached hydrogens (tertiary/aromatic N) is 1. The first-order chi connectivity index (χ1) is 9.93. The van der Waals surface area contributed by atoms with E-state index < -0.39 is 12.1 Å². The molecule has 0 radical (unpaired) electrons. The predicted molar refractivity (Wildman–Crippen MR) is 78.0 cm³/mol. The molecule has 1 saturated heterocycles. The van der Waals surface area contributed by atoms with Crippen LogP contribution >= 0.6 is 0 Å². The number of carbonyl (C=O) groups is 2. The lowest BCUT2D eigenvalue weighted by atomic mass is 10.0. The zero-order valence-corrected chi connectivity index (χ0v) is 12.5. The number of amides is 1. The maximum atomic E-state index is 12.6. The van der Waals surface area contributed by atoms with Crippen molar-refractivity contribution in [1.82, 2.24) is 4.90 Å². The Hall–Kier alpha value is -2.08. The molecular formula is C15H20N2O4. The first kappa shape index (κ1) is 15.3.